The molecule has 92 valence electrons. The number of piperidine rings is 1. The molecule has 0 spiro atoms. The SMILES string of the molecule is CC(=O)NC1CC(C(C)O)CN(C(C)=O)C1. The van der Waals surface area contributed by atoms with Crippen molar-refractivity contribution in [2.45, 2.75) is 39.3 Å². The van der Waals surface area contributed by atoms with Crippen LogP contribution in [0, 0.1) is 5.92 Å². The fourth-order valence-corrected chi connectivity index (χ4v) is 2.14. The van der Waals surface area contributed by atoms with E-state index in [1.165, 1.54) is 13.8 Å². The van der Waals surface area contributed by atoms with Crippen LogP contribution in [0.3, 0.4) is 0 Å². The minimum absolute atomic E-state index is 0.0132. The Labute approximate surface area is 95.8 Å². The Hall–Kier alpha value is -1.10. The van der Waals surface area contributed by atoms with Crippen LogP contribution in [0.5, 0.6) is 0 Å². The van der Waals surface area contributed by atoms with Crippen LogP contribution in [-0.4, -0.2) is 47.1 Å². The van der Waals surface area contributed by atoms with Crippen LogP contribution < -0.4 is 5.32 Å². The molecule has 2 N–H and O–H groups in total. The van der Waals surface area contributed by atoms with Crippen LogP contribution in [-0.2, 0) is 9.59 Å². The van der Waals surface area contributed by atoms with Crippen molar-refractivity contribution >= 4 is 11.8 Å². The molecule has 0 aromatic rings. The second-order valence-corrected chi connectivity index (χ2v) is 4.56. The number of carbonyl (C=O) groups is 2. The lowest BCUT2D eigenvalue weighted by molar-refractivity contribution is -0.133. The molecule has 2 amide bonds. The van der Waals surface area contributed by atoms with Crippen molar-refractivity contribution < 1.29 is 14.7 Å². The topological polar surface area (TPSA) is 69.6 Å². The van der Waals surface area contributed by atoms with E-state index in [0.29, 0.717) is 13.1 Å². The van der Waals surface area contributed by atoms with Gasteiger partial charge in [-0.3, -0.25) is 9.59 Å². The van der Waals surface area contributed by atoms with Crippen LogP contribution in [0.25, 0.3) is 0 Å². The minimum atomic E-state index is -0.460. The Kier molecular flexibility index (Phi) is 4.29. The zero-order valence-corrected chi connectivity index (χ0v) is 10.1. The van der Waals surface area contributed by atoms with E-state index in [9.17, 15) is 14.7 Å². The molecule has 0 saturated carbocycles. The van der Waals surface area contributed by atoms with Gasteiger partial charge in [0.25, 0.3) is 0 Å². The number of nitrogens with one attached hydrogen (secondary N) is 1. The van der Waals surface area contributed by atoms with Crippen LogP contribution in [0.15, 0.2) is 0 Å². The van der Waals surface area contributed by atoms with Gasteiger partial charge in [-0.2, -0.15) is 0 Å². The summed E-state index contributed by atoms with van der Waals surface area (Å²) in [6.07, 6.45) is 0.263. The molecule has 0 radical (unpaired) electrons. The third-order valence-electron chi connectivity index (χ3n) is 3.02. The summed E-state index contributed by atoms with van der Waals surface area (Å²) in [5, 5.41) is 12.4. The fourth-order valence-electron chi connectivity index (χ4n) is 2.14. The van der Waals surface area contributed by atoms with Gasteiger partial charge in [-0.05, 0) is 13.3 Å². The lowest BCUT2D eigenvalue weighted by Gasteiger charge is -2.38. The number of hydrogen-bond donors (Lipinski definition) is 2. The second kappa shape index (κ2) is 5.30. The summed E-state index contributed by atoms with van der Waals surface area (Å²) in [7, 11) is 0. The third-order valence-corrected chi connectivity index (χ3v) is 3.02. The lowest BCUT2D eigenvalue weighted by Crippen LogP contribution is -2.53. The molecule has 1 saturated heterocycles. The highest BCUT2D eigenvalue weighted by molar-refractivity contribution is 5.75. The molecule has 16 heavy (non-hydrogen) atoms. The number of nitrogens with zero attached hydrogens (tertiary/aromatic N) is 1. The largest absolute Gasteiger partial charge is 0.393 e. The monoisotopic (exact) mass is 228 g/mol. The van der Waals surface area contributed by atoms with Crippen molar-refractivity contribution in [3.8, 4) is 0 Å². The maximum Gasteiger partial charge on any atom is 0.219 e. The number of aliphatic hydroxyl groups is 1. The highest BCUT2D eigenvalue weighted by atomic mass is 16.3. The first-order valence-electron chi connectivity index (χ1n) is 5.60. The van der Waals surface area contributed by atoms with Crippen molar-refractivity contribution in [3.05, 3.63) is 0 Å². The van der Waals surface area contributed by atoms with Gasteiger partial charge < -0.3 is 15.3 Å². The summed E-state index contributed by atoms with van der Waals surface area (Å²) in [4.78, 5) is 24.0. The molecule has 0 bridgehead atoms. The molecule has 3 unspecified atom stereocenters. The van der Waals surface area contributed by atoms with E-state index in [-0.39, 0.29) is 23.8 Å². The summed E-state index contributed by atoms with van der Waals surface area (Å²) in [5.41, 5.74) is 0. The number of carbonyl (C=O) groups excluding carboxylic acids is 2. The number of hydrogen-bond acceptors (Lipinski definition) is 3. The first-order valence-corrected chi connectivity index (χ1v) is 5.60. The van der Waals surface area contributed by atoms with Crippen LogP contribution in [0.1, 0.15) is 27.2 Å². The van der Waals surface area contributed by atoms with E-state index >= 15 is 0 Å². The maximum absolute atomic E-state index is 11.3. The molecule has 1 rings (SSSR count). The number of rotatable bonds is 2. The van der Waals surface area contributed by atoms with E-state index in [1.807, 2.05) is 0 Å². The smallest absolute Gasteiger partial charge is 0.219 e. The maximum atomic E-state index is 11.3. The predicted octanol–water partition coefficient (Wildman–Crippen LogP) is -0.260. The third kappa shape index (κ3) is 3.48. The average Bonchev–Trinajstić information content (AvgIpc) is 2.15. The Balaban J connectivity index is 2.66. The van der Waals surface area contributed by atoms with Gasteiger partial charge in [0.05, 0.1) is 6.10 Å². The van der Waals surface area contributed by atoms with E-state index in [0.717, 1.165) is 6.42 Å². The van der Waals surface area contributed by atoms with Gasteiger partial charge in [0.15, 0.2) is 0 Å². The zero-order chi connectivity index (χ0) is 12.3. The highest BCUT2D eigenvalue weighted by Crippen LogP contribution is 2.20. The molecular formula is C11H20N2O3. The molecular weight excluding hydrogens is 208 g/mol. The normalized spacial score (nSPS) is 27.4. The van der Waals surface area contributed by atoms with Crippen molar-refractivity contribution in [3.63, 3.8) is 0 Å². The second-order valence-electron chi connectivity index (χ2n) is 4.56. The first-order chi connectivity index (χ1) is 7.40. The Morgan fingerprint density at radius 1 is 1.38 bits per heavy atom. The molecule has 0 aromatic carbocycles. The summed E-state index contributed by atoms with van der Waals surface area (Å²) in [5.74, 6) is -0.0741. The number of amides is 2. The Morgan fingerprint density at radius 3 is 2.44 bits per heavy atom. The molecule has 1 aliphatic rings. The molecule has 1 heterocycles. The Bertz CT molecular complexity index is 278. The quantitative estimate of drug-likeness (QED) is 0.684. The average molecular weight is 228 g/mol. The van der Waals surface area contributed by atoms with E-state index in [4.69, 9.17) is 0 Å². The van der Waals surface area contributed by atoms with Crippen LogP contribution >= 0.6 is 0 Å². The van der Waals surface area contributed by atoms with E-state index in [1.54, 1.807) is 11.8 Å². The van der Waals surface area contributed by atoms with Gasteiger partial charge >= 0.3 is 0 Å². The molecule has 1 aliphatic heterocycles. The standard InChI is InChI=1S/C11H20N2O3/c1-7(14)10-4-11(12-8(2)15)6-13(5-10)9(3)16/h7,10-11,14H,4-6H2,1-3H3,(H,12,15). The fraction of sp³-hybridized carbons (Fsp3) is 0.818. The summed E-state index contributed by atoms with van der Waals surface area (Å²) in [6.45, 7) is 5.81. The Morgan fingerprint density at radius 2 is 2.00 bits per heavy atom. The van der Waals surface area contributed by atoms with Crippen molar-refractivity contribution in [1.29, 1.82) is 0 Å². The van der Waals surface area contributed by atoms with Gasteiger partial charge in [0.1, 0.15) is 0 Å². The number of aliphatic hydroxyl groups excluding tert-OH is 1. The van der Waals surface area contributed by atoms with Crippen LogP contribution in [0.4, 0.5) is 0 Å². The highest BCUT2D eigenvalue weighted by Gasteiger charge is 2.31. The molecule has 1 fully saturated rings. The van der Waals surface area contributed by atoms with E-state index in [2.05, 4.69) is 5.32 Å². The molecule has 0 aliphatic carbocycles. The summed E-state index contributed by atoms with van der Waals surface area (Å²) < 4.78 is 0. The molecule has 5 nitrogen and oxygen atoms in total. The van der Waals surface area contributed by atoms with E-state index < -0.39 is 6.10 Å². The number of likely N-dealkylation sites (tertiary alicyclic amines) is 1. The predicted molar refractivity (Wildman–Crippen MR) is 59.6 cm³/mol. The molecule has 0 aromatic heterocycles. The van der Waals surface area contributed by atoms with Crippen LogP contribution in [0.2, 0.25) is 0 Å². The van der Waals surface area contributed by atoms with Crippen molar-refractivity contribution in [2.75, 3.05) is 13.1 Å². The lowest BCUT2D eigenvalue weighted by atomic mass is 9.90. The minimum Gasteiger partial charge on any atom is -0.393 e. The zero-order valence-electron chi connectivity index (χ0n) is 10.1. The van der Waals surface area contributed by atoms with Crippen molar-refractivity contribution in [2.24, 2.45) is 5.92 Å². The van der Waals surface area contributed by atoms with Crippen molar-refractivity contribution in [1.82, 2.24) is 10.2 Å². The first kappa shape index (κ1) is 13.0. The van der Waals surface area contributed by atoms with Gasteiger partial charge in [-0.25, -0.2) is 0 Å². The van der Waals surface area contributed by atoms with Gasteiger partial charge in [0.2, 0.25) is 11.8 Å². The van der Waals surface area contributed by atoms with Gasteiger partial charge in [0, 0.05) is 38.9 Å². The summed E-state index contributed by atoms with van der Waals surface area (Å²) >= 11 is 0. The van der Waals surface area contributed by atoms with Gasteiger partial charge in [-0.15, -0.1) is 0 Å². The van der Waals surface area contributed by atoms with Gasteiger partial charge in [-0.1, -0.05) is 0 Å². The molecule has 5 heteroatoms. The molecule has 3 atom stereocenters. The summed E-state index contributed by atoms with van der Waals surface area (Å²) in [6, 6.07) is -0.0465.